The summed E-state index contributed by atoms with van der Waals surface area (Å²) in [5, 5.41) is 2.63. The molecule has 40 heavy (non-hydrogen) atoms. The number of rotatable bonds is 9. The predicted octanol–water partition coefficient (Wildman–Crippen LogP) is 3.18. The number of hydrogen-bond acceptors (Lipinski definition) is 9. The molecule has 2 aliphatic heterocycles. The lowest BCUT2D eigenvalue weighted by Gasteiger charge is -2.38. The Balaban J connectivity index is 1.31. The van der Waals surface area contributed by atoms with E-state index in [-0.39, 0.29) is 24.8 Å². The summed E-state index contributed by atoms with van der Waals surface area (Å²) < 4.78 is 30.8. The lowest BCUT2D eigenvalue weighted by atomic mass is 10.1. The van der Waals surface area contributed by atoms with Gasteiger partial charge in [0.25, 0.3) is 5.91 Å². The molecule has 3 atom stereocenters. The smallest absolute Gasteiger partial charge is 0.351 e. The Hall–Kier alpha value is -3.90. The van der Waals surface area contributed by atoms with Gasteiger partial charge in [-0.05, 0) is 30.3 Å². The molecule has 0 bridgehead atoms. The molecule has 1 amide bonds. The van der Waals surface area contributed by atoms with E-state index in [2.05, 4.69) is 10.3 Å². The van der Waals surface area contributed by atoms with Crippen molar-refractivity contribution in [2.24, 2.45) is 0 Å². The van der Waals surface area contributed by atoms with Crippen molar-refractivity contribution in [3.8, 4) is 0 Å². The fourth-order valence-corrected chi connectivity index (χ4v) is 4.77. The van der Waals surface area contributed by atoms with Crippen LogP contribution in [0, 0.1) is 0 Å². The highest BCUT2D eigenvalue weighted by atomic mass is 16.7. The number of hydrogen-bond donors (Lipinski definition) is 1. The number of esters is 1. The van der Waals surface area contributed by atoms with Crippen LogP contribution < -0.4 is 11.0 Å². The Morgan fingerprint density at radius 1 is 1.02 bits per heavy atom. The zero-order valence-corrected chi connectivity index (χ0v) is 22.1. The Morgan fingerprint density at radius 3 is 2.35 bits per heavy atom. The van der Waals surface area contributed by atoms with Crippen molar-refractivity contribution in [2.75, 3.05) is 32.2 Å². The van der Waals surface area contributed by atoms with Gasteiger partial charge in [-0.25, -0.2) is 9.59 Å². The summed E-state index contributed by atoms with van der Waals surface area (Å²) in [7, 11) is 1.58. The zero-order chi connectivity index (χ0) is 28.0. The Labute approximate surface area is 231 Å². The molecule has 0 unspecified atom stereocenters. The predicted molar refractivity (Wildman–Crippen MR) is 143 cm³/mol. The Kier molecular flexibility index (Phi) is 8.66. The van der Waals surface area contributed by atoms with Crippen LogP contribution in [0.4, 0.5) is 5.82 Å². The molecule has 11 heteroatoms. The molecule has 1 aromatic heterocycles. The topological polar surface area (TPSA) is 127 Å². The highest BCUT2D eigenvalue weighted by molar-refractivity contribution is 6.03. The molecule has 210 valence electrons. The number of aromatic nitrogens is 2. The first-order valence-electron chi connectivity index (χ1n) is 13.1. The van der Waals surface area contributed by atoms with E-state index in [9.17, 15) is 14.4 Å². The van der Waals surface area contributed by atoms with Gasteiger partial charge in [-0.3, -0.25) is 9.36 Å². The molecule has 1 N–H and O–H groups in total. The SMILES string of the molecule is COC1(O[C@H]2C[C@H](n3ccc(NC(=O)c4ccccc4)nc3=O)O[C@@H]2COC(=O)c2ccccc2)CCOCC1. The second kappa shape index (κ2) is 12.5. The van der Waals surface area contributed by atoms with Crippen LogP contribution >= 0.6 is 0 Å². The van der Waals surface area contributed by atoms with Crippen LogP contribution in [0.1, 0.15) is 46.2 Å². The van der Waals surface area contributed by atoms with Crippen molar-refractivity contribution in [3.63, 3.8) is 0 Å². The Morgan fingerprint density at radius 2 is 1.70 bits per heavy atom. The lowest BCUT2D eigenvalue weighted by Crippen LogP contribution is -2.46. The first-order valence-corrected chi connectivity index (χ1v) is 13.1. The number of amides is 1. The van der Waals surface area contributed by atoms with Crippen LogP contribution in [-0.4, -0.2) is 66.4 Å². The van der Waals surface area contributed by atoms with E-state index in [0.29, 0.717) is 37.2 Å². The van der Waals surface area contributed by atoms with E-state index in [1.54, 1.807) is 61.7 Å². The zero-order valence-electron chi connectivity index (χ0n) is 22.1. The van der Waals surface area contributed by atoms with Crippen molar-refractivity contribution >= 4 is 17.7 Å². The van der Waals surface area contributed by atoms with Gasteiger partial charge in [-0.15, -0.1) is 0 Å². The van der Waals surface area contributed by atoms with E-state index in [1.165, 1.54) is 16.8 Å². The normalized spacial score (nSPS) is 22.0. The average Bonchev–Trinajstić information content (AvgIpc) is 3.38. The minimum atomic E-state index is -0.877. The minimum Gasteiger partial charge on any atom is -0.459 e. The number of carbonyl (C=O) groups excluding carboxylic acids is 2. The summed E-state index contributed by atoms with van der Waals surface area (Å²) in [6.45, 7) is 0.884. The molecular formula is C29H31N3O8. The van der Waals surface area contributed by atoms with Crippen LogP contribution in [0.2, 0.25) is 0 Å². The average molecular weight is 550 g/mol. The van der Waals surface area contributed by atoms with E-state index < -0.39 is 35.9 Å². The number of anilines is 1. The fraction of sp³-hybridized carbons (Fsp3) is 0.379. The molecule has 0 saturated carbocycles. The molecule has 2 aromatic carbocycles. The summed E-state index contributed by atoms with van der Waals surface area (Å²) in [6.07, 6.45) is 0.899. The third kappa shape index (κ3) is 6.45. The molecule has 11 nitrogen and oxygen atoms in total. The van der Waals surface area contributed by atoms with Gasteiger partial charge in [0.15, 0.2) is 5.79 Å². The third-order valence-electron chi connectivity index (χ3n) is 6.98. The first kappa shape index (κ1) is 27.7. The summed E-state index contributed by atoms with van der Waals surface area (Å²) in [5.41, 5.74) is 0.255. The van der Waals surface area contributed by atoms with Crippen LogP contribution in [0.3, 0.4) is 0 Å². The van der Waals surface area contributed by atoms with E-state index in [1.807, 2.05) is 6.07 Å². The molecule has 0 aliphatic carbocycles. The number of nitrogens with zero attached hydrogens (tertiary/aromatic N) is 2. The number of carbonyl (C=O) groups is 2. The van der Waals surface area contributed by atoms with Crippen molar-refractivity contribution in [2.45, 2.75) is 43.5 Å². The van der Waals surface area contributed by atoms with Gasteiger partial charge in [-0.2, -0.15) is 4.98 Å². The molecule has 3 aromatic rings. The monoisotopic (exact) mass is 549 g/mol. The van der Waals surface area contributed by atoms with Gasteiger partial charge in [-0.1, -0.05) is 36.4 Å². The molecule has 5 rings (SSSR count). The van der Waals surface area contributed by atoms with Crippen LogP contribution in [0.15, 0.2) is 77.7 Å². The van der Waals surface area contributed by atoms with E-state index in [0.717, 1.165) is 0 Å². The first-order chi connectivity index (χ1) is 19.5. The minimum absolute atomic E-state index is 0.0847. The highest BCUT2D eigenvalue weighted by Gasteiger charge is 2.45. The largest absolute Gasteiger partial charge is 0.459 e. The van der Waals surface area contributed by atoms with Crippen molar-refractivity contribution in [1.29, 1.82) is 0 Å². The molecule has 2 aliphatic rings. The standard InChI is InChI=1S/C29H31N3O8/c1-36-29(13-16-37-17-14-29)40-22-18-25(39-23(22)19-38-27(34)21-10-6-3-7-11-21)32-15-12-24(31-28(32)35)30-26(33)20-8-4-2-5-9-20/h2-12,15,22-23,25H,13-14,16-19H2,1H3,(H,30,31,33,35)/t22-,23+,25+/m0/s1. The van der Waals surface area contributed by atoms with Gasteiger partial charge in [0.05, 0.1) is 24.9 Å². The van der Waals surface area contributed by atoms with Gasteiger partial charge < -0.3 is 29.0 Å². The van der Waals surface area contributed by atoms with Crippen LogP contribution in [0.5, 0.6) is 0 Å². The number of nitrogens with one attached hydrogen (secondary N) is 1. The molecule has 2 fully saturated rings. The summed E-state index contributed by atoms with van der Waals surface area (Å²) >= 11 is 0. The molecular weight excluding hydrogens is 518 g/mol. The second-order valence-corrected chi connectivity index (χ2v) is 9.54. The molecule has 0 spiro atoms. The molecule has 3 heterocycles. The summed E-state index contributed by atoms with van der Waals surface area (Å²) in [4.78, 5) is 42.1. The summed E-state index contributed by atoms with van der Waals surface area (Å²) in [6, 6.07) is 18.8. The fourth-order valence-electron chi connectivity index (χ4n) is 4.77. The van der Waals surface area contributed by atoms with Gasteiger partial charge in [0.2, 0.25) is 0 Å². The quantitative estimate of drug-likeness (QED) is 0.316. The van der Waals surface area contributed by atoms with Crippen LogP contribution in [-0.2, 0) is 23.7 Å². The second-order valence-electron chi connectivity index (χ2n) is 9.54. The maximum Gasteiger partial charge on any atom is 0.351 e. The van der Waals surface area contributed by atoms with Gasteiger partial charge in [0, 0.05) is 38.1 Å². The van der Waals surface area contributed by atoms with E-state index >= 15 is 0 Å². The number of ether oxygens (including phenoxy) is 5. The highest BCUT2D eigenvalue weighted by Crippen LogP contribution is 2.36. The van der Waals surface area contributed by atoms with E-state index in [4.69, 9.17) is 23.7 Å². The van der Waals surface area contributed by atoms with Crippen molar-refractivity contribution < 1.29 is 33.3 Å². The summed E-state index contributed by atoms with van der Waals surface area (Å²) in [5.74, 6) is -1.62. The van der Waals surface area contributed by atoms with Gasteiger partial charge >= 0.3 is 11.7 Å². The van der Waals surface area contributed by atoms with Crippen molar-refractivity contribution in [1.82, 2.24) is 9.55 Å². The van der Waals surface area contributed by atoms with Gasteiger partial charge in [0.1, 0.15) is 24.8 Å². The molecule has 0 radical (unpaired) electrons. The number of methoxy groups -OCH3 is 1. The number of benzene rings is 2. The maximum absolute atomic E-state index is 13.0. The lowest BCUT2D eigenvalue weighted by molar-refractivity contribution is -0.281. The van der Waals surface area contributed by atoms with Crippen LogP contribution in [0.25, 0.3) is 0 Å². The maximum atomic E-state index is 13.0. The van der Waals surface area contributed by atoms with Crippen molar-refractivity contribution in [3.05, 3.63) is 94.5 Å². The Bertz CT molecular complexity index is 1360. The third-order valence-corrected chi connectivity index (χ3v) is 6.98. The molecule has 2 saturated heterocycles.